The van der Waals surface area contributed by atoms with Crippen molar-refractivity contribution in [1.29, 1.82) is 0 Å². The molecule has 0 spiro atoms. The zero-order chi connectivity index (χ0) is 34.0. The Bertz CT molecular complexity index is 1650. The molecule has 4 aromatic rings. The summed E-state index contributed by atoms with van der Waals surface area (Å²) in [6.45, 7) is 8.48. The molecule has 2 heterocycles. The number of hydrogen-bond acceptors (Lipinski definition) is 12. The summed E-state index contributed by atoms with van der Waals surface area (Å²) in [6.07, 6.45) is -1.96. The van der Waals surface area contributed by atoms with Gasteiger partial charge in [-0.15, -0.1) is 10.2 Å². The zero-order valence-corrected chi connectivity index (χ0v) is 27.1. The van der Waals surface area contributed by atoms with Gasteiger partial charge in [0.1, 0.15) is 5.82 Å². The molecule has 2 aromatic heterocycles. The van der Waals surface area contributed by atoms with E-state index in [-0.39, 0.29) is 31.5 Å². The number of nitrogens with one attached hydrogen (secondary N) is 1. The lowest BCUT2D eigenvalue weighted by Crippen LogP contribution is -2.48. The fourth-order valence-electron chi connectivity index (χ4n) is 4.71. The van der Waals surface area contributed by atoms with Gasteiger partial charge < -0.3 is 23.5 Å². The molecule has 14 nitrogen and oxygen atoms in total. The molecule has 0 bridgehead atoms. The van der Waals surface area contributed by atoms with Crippen molar-refractivity contribution in [2.45, 2.75) is 85.8 Å². The van der Waals surface area contributed by atoms with Gasteiger partial charge in [0.2, 0.25) is 5.82 Å². The molecule has 14 heteroatoms. The van der Waals surface area contributed by atoms with Gasteiger partial charge in [-0.2, -0.15) is 5.21 Å². The molecule has 47 heavy (non-hydrogen) atoms. The molecule has 0 radical (unpaired) electrons. The Morgan fingerprint density at radius 3 is 1.89 bits per heavy atom. The van der Waals surface area contributed by atoms with Gasteiger partial charge >= 0.3 is 30.0 Å². The van der Waals surface area contributed by atoms with Gasteiger partial charge in [0.25, 0.3) is 0 Å². The summed E-state index contributed by atoms with van der Waals surface area (Å²) in [4.78, 5) is 55.9. The Balaban J connectivity index is 1.73. The molecular weight excluding hydrogens is 608 g/mol. The number of imidazole rings is 1. The van der Waals surface area contributed by atoms with Crippen molar-refractivity contribution in [3.8, 4) is 22.5 Å². The van der Waals surface area contributed by atoms with Crippen molar-refractivity contribution in [2.75, 3.05) is 0 Å². The third-order valence-corrected chi connectivity index (χ3v) is 7.04. The predicted octanol–water partition coefficient (Wildman–Crippen LogP) is 4.92. The Morgan fingerprint density at radius 1 is 0.787 bits per heavy atom. The van der Waals surface area contributed by atoms with Crippen LogP contribution in [0.5, 0.6) is 0 Å². The molecule has 0 saturated carbocycles. The van der Waals surface area contributed by atoms with Crippen molar-refractivity contribution >= 4 is 23.9 Å². The fraction of sp³-hybridized carbons (Fsp3) is 0.394. The number of aromatic nitrogens is 6. The lowest BCUT2D eigenvalue weighted by molar-refractivity contribution is -0.427. The summed E-state index contributed by atoms with van der Waals surface area (Å²) >= 11 is 0. The number of H-pyrrole nitrogens is 1. The molecule has 0 fully saturated rings. The van der Waals surface area contributed by atoms with Crippen LogP contribution >= 0.6 is 0 Å². The highest BCUT2D eigenvalue weighted by atomic mass is 17.0. The van der Waals surface area contributed by atoms with Gasteiger partial charge in [-0.25, -0.2) is 9.78 Å². The second-order valence-corrected chi connectivity index (χ2v) is 10.4. The molecule has 0 saturated heterocycles. The highest BCUT2D eigenvalue weighted by Crippen LogP contribution is 2.31. The van der Waals surface area contributed by atoms with Crippen molar-refractivity contribution in [2.24, 2.45) is 0 Å². The summed E-state index contributed by atoms with van der Waals surface area (Å²) in [5.74, 6) is -2.75. The van der Waals surface area contributed by atoms with E-state index in [2.05, 4.69) is 20.6 Å². The first-order valence-corrected chi connectivity index (χ1v) is 15.6. The molecule has 1 N–H and O–H groups in total. The number of nitrogens with zero attached hydrogens (tertiary/aromatic N) is 5. The minimum Gasteiger partial charge on any atom is -0.352 e. The Hall–Kier alpha value is -5.40. The zero-order valence-electron chi connectivity index (χ0n) is 27.1. The highest BCUT2D eigenvalue weighted by Gasteiger charge is 2.50. The van der Waals surface area contributed by atoms with Crippen LogP contribution in [0.1, 0.15) is 87.9 Å². The second-order valence-electron chi connectivity index (χ2n) is 10.4. The molecule has 0 aliphatic rings. The van der Waals surface area contributed by atoms with E-state index in [1.165, 1.54) is 20.8 Å². The van der Waals surface area contributed by atoms with Gasteiger partial charge in [0.15, 0.2) is 5.69 Å². The molecule has 4 rings (SSSR count). The number of carbonyl (C=O) groups excluding carboxylic acids is 4. The molecule has 0 unspecified atom stereocenters. The van der Waals surface area contributed by atoms with E-state index < -0.39 is 30.0 Å². The van der Waals surface area contributed by atoms with Gasteiger partial charge in [0, 0.05) is 37.8 Å². The number of hydrogen-bond donors (Lipinski definition) is 1. The van der Waals surface area contributed by atoms with Crippen molar-refractivity contribution < 1.29 is 38.1 Å². The number of benzene rings is 2. The van der Waals surface area contributed by atoms with Crippen LogP contribution in [0.3, 0.4) is 0 Å². The highest BCUT2D eigenvalue weighted by molar-refractivity contribution is 5.90. The van der Waals surface area contributed by atoms with Crippen LogP contribution in [0.25, 0.3) is 22.5 Å². The van der Waals surface area contributed by atoms with Crippen molar-refractivity contribution in [1.82, 2.24) is 30.2 Å². The van der Waals surface area contributed by atoms with Crippen LogP contribution in [0, 0.1) is 0 Å². The first-order valence-electron chi connectivity index (χ1n) is 15.6. The van der Waals surface area contributed by atoms with E-state index in [4.69, 9.17) is 23.9 Å². The average Bonchev–Trinajstić information content (AvgIpc) is 3.73. The lowest BCUT2D eigenvalue weighted by atomic mass is 9.98. The summed E-state index contributed by atoms with van der Waals surface area (Å²) in [5.41, 5.74) is 3.93. The average molecular weight is 647 g/mol. The molecule has 0 atom stereocenters. The van der Waals surface area contributed by atoms with Crippen LogP contribution in [0.2, 0.25) is 0 Å². The number of aromatic amines is 1. The molecule has 0 amide bonds. The number of rotatable bonds is 15. The normalized spacial score (nSPS) is 11.2. The Labute approximate surface area is 271 Å². The van der Waals surface area contributed by atoms with Crippen LogP contribution in [0.4, 0.5) is 0 Å². The summed E-state index contributed by atoms with van der Waals surface area (Å²) in [5, 5.41) is 14.4. The van der Waals surface area contributed by atoms with Crippen LogP contribution in [-0.2, 0) is 52.7 Å². The third kappa shape index (κ3) is 8.26. The quantitative estimate of drug-likeness (QED) is 0.136. The standard InChI is InChI=1S/C33H38N6O8/c1-6-13-26-34-25(7-2)30(32(43)47-33(44-27(40)8-3,45-28(41)9-4)46-29(42)10-5)39(26)20-21-16-18-22(19-17-21)23-14-11-12-15-24(23)31-35-37-38-36-31/h11-12,14-19H,6-10,13,20H2,1-5H3,(H,35,36,37,38). The first kappa shape index (κ1) is 34.5. The van der Waals surface area contributed by atoms with Crippen LogP contribution in [-0.4, -0.2) is 60.2 Å². The van der Waals surface area contributed by atoms with E-state index >= 15 is 0 Å². The number of ether oxygens (including phenoxy) is 4. The number of carbonyl (C=O) groups is 4. The monoisotopic (exact) mass is 646 g/mol. The lowest BCUT2D eigenvalue weighted by Gasteiger charge is -2.28. The van der Waals surface area contributed by atoms with E-state index in [0.29, 0.717) is 30.2 Å². The van der Waals surface area contributed by atoms with Crippen LogP contribution in [0.15, 0.2) is 48.5 Å². The fourth-order valence-corrected chi connectivity index (χ4v) is 4.71. The maximum Gasteiger partial charge on any atom is 0.620 e. The van der Waals surface area contributed by atoms with E-state index in [9.17, 15) is 19.2 Å². The topological polar surface area (TPSA) is 177 Å². The number of tetrazole rings is 1. The van der Waals surface area contributed by atoms with Crippen molar-refractivity contribution in [3.63, 3.8) is 0 Å². The SMILES string of the molecule is CCCc1nc(CC)c(C(=O)OC(OC(=O)CC)(OC(=O)CC)OC(=O)CC)n1Cc1ccc(-c2ccccc2-c2nn[nH]n2)cc1. The van der Waals surface area contributed by atoms with E-state index in [1.54, 1.807) is 4.57 Å². The smallest absolute Gasteiger partial charge is 0.352 e. The third-order valence-electron chi connectivity index (χ3n) is 7.04. The first-order chi connectivity index (χ1) is 22.7. The Morgan fingerprint density at radius 2 is 1.38 bits per heavy atom. The Kier molecular flexibility index (Phi) is 11.5. The second kappa shape index (κ2) is 15.7. The molecule has 0 aliphatic heterocycles. The van der Waals surface area contributed by atoms with Gasteiger partial charge in [-0.3, -0.25) is 14.4 Å². The molecule has 248 valence electrons. The summed E-state index contributed by atoms with van der Waals surface area (Å²) in [7, 11) is 0. The van der Waals surface area contributed by atoms with Crippen molar-refractivity contribution in [3.05, 3.63) is 71.3 Å². The largest absolute Gasteiger partial charge is 0.620 e. The maximum atomic E-state index is 14.0. The number of aryl methyl sites for hydroxylation is 2. The van der Waals surface area contributed by atoms with E-state index in [1.807, 2.05) is 62.4 Å². The molecule has 2 aromatic carbocycles. The van der Waals surface area contributed by atoms with Gasteiger partial charge in [-0.1, -0.05) is 83.1 Å². The van der Waals surface area contributed by atoms with Gasteiger partial charge in [0.05, 0.1) is 5.69 Å². The minimum atomic E-state index is -3.05. The summed E-state index contributed by atoms with van der Waals surface area (Å²) in [6, 6.07) is 15.5. The molecule has 0 aliphatic carbocycles. The van der Waals surface area contributed by atoms with Gasteiger partial charge in [-0.05, 0) is 34.7 Å². The summed E-state index contributed by atoms with van der Waals surface area (Å²) < 4.78 is 22.8. The number of esters is 4. The predicted molar refractivity (Wildman–Crippen MR) is 167 cm³/mol. The van der Waals surface area contributed by atoms with Crippen LogP contribution < -0.4 is 0 Å². The maximum absolute atomic E-state index is 14.0. The minimum absolute atomic E-state index is 0.0412. The molecular formula is C33H38N6O8. The van der Waals surface area contributed by atoms with E-state index in [0.717, 1.165) is 28.7 Å².